The van der Waals surface area contributed by atoms with Gasteiger partial charge in [0.1, 0.15) is 0 Å². The molecule has 2 aromatic rings. The lowest BCUT2D eigenvalue weighted by Gasteiger charge is -2.35. The van der Waals surface area contributed by atoms with Crippen molar-refractivity contribution in [2.24, 2.45) is 0 Å². The molecule has 2 amide bonds. The fourth-order valence-corrected chi connectivity index (χ4v) is 4.39. The lowest BCUT2D eigenvalue weighted by Crippen LogP contribution is -2.51. The first-order valence-corrected chi connectivity index (χ1v) is 11.0. The van der Waals surface area contributed by atoms with Gasteiger partial charge in [-0.1, -0.05) is 54.1 Å². The Morgan fingerprint density at radius 3 is 2.14 bits per heavy atom. The molecule has 0 aromatic heterocycles. The molecule has 2 aromatic carbocycles. The average Bonchev–Trinajstić information content (AvgIpc) is 2.74. The number of carbonyl (C=O) groups excluding carboxylic acids is 2. The molecule has 1 aliphatic heterocycles. The van der Waals surface area contributed by atoms with Gasteiger partial charge in [-0.2, -0.15) is 0 Å². The molecule has 1 heterocycles. The molecule has 0 unspecified atom stereocenters. The third-order valence-electron chi connectivity index (χ3n) is 4.87. The van der Waals surface area contributed by atoms with E-state index in [1.165, 1.54) is 17.3 Å². The molecule has 28 heavy (non-hydrogen) atoms. The van der Waals surface area contributed by atoms with Crippen LogP contribution in [0.1, 0.15) is 18.4 Å². The highest BCUT2D eigenvalue weighted by Crippen LogP contribution is 2.26. The molecule has 3 rings (SSSR count). The molecule has 148 valence electrons. The molecule has 1 fully saturated rings. The number of carbonyl (C=O) groups is 2. The van der Waals surface area contributed by atoms with Crippen LogP contribution in [0.25, 0.3) is 0 Å². The van der Waals surface area contributed by atoms with E-state index in [4.69, 9.17) is 11.6 Å². The number of piperazine rings is 1. The highest BCUT2D eigenvalue weighted by atomic mass is 35.5. The van der Waals surface area contributed by atoms with Crippen molar-refractivity contribution in [1.82, 2.24) is 9.80 Å². The van der Waals surface area contributed by atoms with Crippen molar-refractivity contribution in [2.75, 3.05) is 31.9 Å². The number of benzene rings is 2. The van der Waals surface area contributed by atoms with Crippen molar-refractivity contribution in [3.63, 3.8) is 0 Å². The molecule has 4 nitrogen and oxygen atoms in total. The van der Waals surface area contributed by atoms with E-state index >= 15 is 0 Å². The maximum atomic E-state index is 12.4. The number of amides is 2. The summed E-state index contributed by atoms with van der Waals surface area (Å²) >= 11 is 7.60. The zero-order valence-electron chi connectivity index (χ0n) is 15.9. The van der Waals surface area contributed by atoms with Gasteiger partial charge >= 0.3 is 0 Å². The molecule has 0 spiro atoms. The number of aryl methyl sites for hydroxylation is 1. The van der Waals surface area contributed by atoms with Gasteiger partial charge in [0.25, 0.3) is 0 Å². The highest BCUT2D eigenvalue weighted by Gasteiger charge is 2.23. The van der Waals surface area contributed by atoms with Crippen LogP contribution < -0.4 is 0 Å². The SMILES string of the molecule is O=C(CCCc1ccccc1)N1CCN(C(=O)CSc2ccccc2Cl)CC1. The van der Waals surface area contributed by atoms with E-state index < -0.39 is 0 Å². The summed E-state index contributed by atoms with van der Waals surface area (Å²) in [5.41, 5.74) is 1.27. The molecule has 0 bridgehead atoms. The molecule has 6 heteroatoms. The minimum atomic E-state index is 0.0982. The summed E-state index contributed by atoms with van der Waals surface area (Å²) in [6, 6.07) is 17.8. The molecule has 0 saturated carbocycles. The molecule has 0 aliphatic carbocycles. The Morgan fingerprint density at radius 1 is 0.857 bits per heavy atom. The fourth-order valence-electron chi connectivity index (χ4n) is 3.24. The van der Waals surface area contributed by atoms with Gasteiger partial charge in [0.05, 0.1) is 10.8 Å². The van der Waals surface area contributed by atoms with Gasteiger partial charge in [-0.25, -0.2) is 0 Å². The van der Waals surface area contributed by atoms with E-state index in [2.05, 4.69) is 12.1 Å². The Balaban J connectivity index is 1.37. The highest BCUT2D eigenvalue weighted by molar-refractivity contribution is 8.00. The topological polar surface area (TPSA) is 40.6 Å². The van der Waals surface area contributed by atoms with Gasteiger partial charge in [-0.3, -0.25) is 9.59 Å². The first kappa shape index (κ1) is 20.7. The number of halogens is 1. The third kappa shape index (κ3) is 6.01. The van der Waals surface area contributed by atoms with Crippen LogP contribution >= 0.6 is 23.4 Å². The Bertz CT molecular complexity index is 792. The third-order valence-corrected chi connectivity index (χ3v) is 6.37. The normalized spacial score (nSPS) is 14.2. The van der Waals surface area contributed by atoms with Gasteiger partial charge in [-0.05, 0) is 30.5 Å². The largest absolute Gasteiger partial charge is 0.339 e. The molecule has 1 aliphatic rings. The van der Waals surface area contributed by atoms with Crippen LogP contribution in [-0.2, 0) is 16.0 Å². The summed E-state index contributed by atoms with van der Waals surface area (Å²) in [7, 11) is 0. The average molecular weight is 417 g/mol. The first-order chi connectivity index (χ1) is 13.6. The monoisotopic (exact) mass is 416 g/mol. The van der Waals surface area contributed by atoms with Crippen LogP contribution in [0, 0.1) is 0 Å². The summed E-state index contributed by atoms with van der Waals surface area (Å²) < 4.78 is 0. The van der Waals surface area contributed by atoms with Crippen molar-refractivity contribution in [3.8, 4) is 0 Å². The summed E-state index contributed by atoms with van der Waals surface area (Å²) in [6.45, 7) is 2.44. The van der Waals surface area contributed by atoms with Crippen LogP contribution in [0.3, 0.4) is 0 Å². The fraction of sp³-hybridized carbons (Fsp3) is 0.364. The molecule has 1 saturated heterocycles. The second-order valence-corrected chi connectivity index (χ2v) is 8.24. The van der Waals surface area contributed by atoms with Crippen molar-refractivity contribution in [3.05, 3.63) is 65.2 Å². The zero-order chi connectivity index (χ0) is 19.8. The Labute approximate surface area is 175 Å². The molecule has 0 atom stereocenters. The predicted molar refractivity (Wildman–Crippen MR) is 115 cm³/mol. The smallest absolute Gasteiger partial charge is 0.233 e. The number of nitrogens with zero attached hydrogens (tertiary/aromatic N) is 2. The standard InChI is InChI=1S/C22H25ClN2O2S/c23-19-10-4-5-11-20(19)28-17-22(27)25-15-13-24(14-16-25)21(26)12-6-9-18-7-2-1-3-8-18/h1-5,7-8,10-11H,6,9,12-17H2. The van der Waals surface area contributed by atoms with E-state index in [9.17, 15) is 9.59 Å². The zero-order valence-corrected chi connectivity index (χ0v) is 17.4. The summed E-state index contributed by atoms with van der Waals surface area (Å²) in [4.78, 5) is 29.5. The molecule has 0 N–H and O–H groups in total. The first-order valence-electron chi connectivity index (χ1n) is 9.60. The summed E-state index contributed by atoms with van der Waals surface area (Å²) in [6.07, 6.45) is 2.34. The van der Waals surface area contributed by atoms with Crippen molar-refractivity contribution in [1.29, 1.82) is 0 Å². The molecule has 0 radical (unpaired) electrons. The number of thioether (sulfide) groups is 1. The van der Waals surface area contributed by atoms with Gasteiger partial charge in [0, 0.05) is 37.5 Å². The number of hydrogen-bond acceptors (Lipinski definition) is 3. The summed E-state index contributed by atoms with van der Waals surface area (Å²) in [5.74, 6) is 0.656. The maximum absolute atomic E-state index is 12.4. The Hall–Kier alpha value is -1.98. The van der Waals surface area contributed by atoms with Crippen molar-refractivity contribution >= 4 is 35.2 Å². The van der Waals surface area contributed by atoms with E-state index in [-0.39, 0.29) is 11.8 Å². The summed E-state index contributed by atoms with van der Waals surface area (Å²) in [5, 5.41) is 0.672. The minimum Gasteiger partial charge on any atom is -0.339 e. The van der Waals surface area contributed by atoms with E-state index in [0.29, 0.717) is 43.4 Å². The van der Waals surface area contributed by atoms with Gasteiger partial charge in [0.2, 0.25) is 11.8 Å². The molecular formula is C22H25ClN2O2S. The quantitative estimate of drug-likeness (QED) is 0.637. The maximum Gasteiger partial charge on any atom is 0.233 e. The molecular weight excluding hydrogens is 392 g/mol. The van der Waals surface area contributed by atoms with Crippen molar-refractivity contribution in [2.45, 2.75) is 24.2 Å². The van der Waals surface area contributed by atoms with Gasteiger partial charge < -0.3 is 9.80 Å². The van der Waals surface area contributed by atoms with Gasteiger partial charge in [0.15, 0.2) is 0 Å². The second-order valence-electron chi connectivity index (χ2n) is 6.82. The van der Waals surface area contributed by atoms with E-state index in [1.807, 2.05) is 52.3 Å². The lowest BCUT2D eigenvalue weighted by molar-refractivity contribution is -0.138. The van der Waals surface area contributed by atoms with Crippen LogP contribution in [-0.4, -0.2) is 53.5 Å². The predicted octanol–water partition coefficient (Wildman–Crippen LogP) is 4.13. The number of hydrogen-bond donors (Lipinski definition) is 0. The van der Waals surface area contributed by atoms with Crippen LogP contribution in [0.2, 0.25) is 5.02 Å². The van der Waals surface area contributed by atoms with Gasteiger partial charge in [-0.15, -0.1) is 11.8 Å². The lowest BCUT2D eigenvalue weighted by atomic mass is 10.1. The number of rotatable bonds is 7. The van der Waals surface area contributed by atoms with Crippen LogP contribution in [0.4, 0.5) is 0 Å². The van der Waals surface area contributed by atoms with E-state index in [1.54, 1.807) is 0 Å². The van der Waals surface area contributed by atoms with Crippen LogP contribution in [0.5, 0.6) is 0 Å². The minimum absolute atomic E-state index is 0.0982. The Morgan fingerprint density at radius 2 is 1.46 bits per heavy atom. The second kappa shape index (κ2) is 10.5. The Kier molecular flexibility index (Phi) is 7.80. The van der Waals surface area contributed by atoms with Crippen LogP contribution in [0.15, 0.2) is 59.5 Å². The van der Waals surface area contributed by atoms with E-state index in [0.717, 1.165) is 17.7 Å². The van der Waals surface area contributed by atoms with Crippen molar-refractivity contribution < 1.29 is 9.59 Å².